The molecule has 1 saturated heterocycles. The van der Waals surface area contributed by atoms with Crippen molar-refractivity contribution in [3.05, 3.63) is 83.1 Å². The third kappa shape index (κ3) is 6.08. The van der Waals surface area contributed by atoms with E-state index < -0.39 is 35.9 Å². The Labute approximate surface area is 262 Å². The van der Waals surface area contributed by atoms with E-state index in [1.54, 1.807) is 48.7 Å². The number of fused-ring (bicyclic) bond motifs is 1. The summed E-state index contributed by atoms with van der Waals surface area (Å²) < 4.78 is 27.9. The first-order chi connectivity index (χ1) is 21.6. The number of nitrogens with zero attached hydrogens (tertiary/aromatic N) is 5. The van der Waals surface area contributed by atoms with E-state index >= 15 is 0 Å². The Hall–Kier alpha value is -4.89. The smallest absolute Gasteiger partial charge is 0.251 e. The van der Waals surface area contributed by atoms with Gasteiger partial charge in [-0.1, -0.05) is 29.8 Å². The lowest BCUT2D eigenvalue weighted by Crippen LogP contribution is -2.53. The van der Waals surface area contributed by atoms with Crippen molar-refractivity contribution in [2.45, 2.75) is 62.6 Å². The number of nitriles is 1. The maximum Gasteiger partial charge on any atom is 0.251 e. The van der Waals surface area contributed by atoms with Gasteiger partial charge in [-0.3, -0.25) is 29.3 Å². The second-order valence-corrected chi connectivity index (χ2v) is 11.7. The van der Waals surface area contributed by atoms with Crippen LogP contribution >= 0.6 is 11.6 Å². The quantitative estimate of drug-likeness (QED) is 0.279. The highest BCUT2D eigenvalue weighted by molar-refractivity contribution is 6.31. The average molecular weight is 632 g/mol. The summed E-state index contributed by atoms with van der Waals surface area (Å²) in [7, 11) is 0. The lowest BCUT2D eigenvalue weighted by molar-refractivity contribution is -0.128. The normalized spacial score (nSPS) is 18.8. The monoisotopic (exact) mass is 631 g/mol. The zero-order chi connectivity index (χ0) is 31.7. The number of anilines is 2. The molecular weight excluding hydrogens is 604 g/mol. The van der Waals surface area contributed by atoms with Crippen LogP contribution in [0.25, 0.3) is 10.9 Å². The van der Waals surface area contributed by atoms with Crippen LogP contribution in [0.4, 0.5) is 20.3 Å². The van der Waals surface area contributed by atoms with E-state index in [-0.39, 0.29) is 60.8 Å². The number of hydrogen-bond donors (Lipinski definition) is 2. The molecule has 6 rings (SSSR count). The van der Waals surface area contributed by atoms with E-state index in [1.165, 1.54) is 28.1 Å². The van der Waals surface area contributed by atoms with Crippen LogP contribution in [0.5, 0.6) is 0 Å². The number of hydrogen-bond acceptors (Lipinski definition) is 6. The van der Waals surface area contributed by atoms with Gasteiger partial charge in [0, 0.05) is 53.2 Å². The van der Waals surface area contributed by atoms with Gasteiger partial charge in [-0.2, -0.15) is 10.4 Å². The van der Waals surface area contributed by atoms with E-state index in [0.717, 1.165) is 0 Å². The number of H-pyrrole nitrogens is 1. The number of aromatic nitrogens is 3. The minimum Gasteiger partial charge on any atom is -0.351 e. The van der Waals surface area contributed by atoms with Crippen molar-refractivity contribution in [1.29, 1.82) is 5.26 Å². The topological polar surface area (TPSA) is 135 Å². The number of aromatic amines is 1. The lowest BCUT2D eigenvalue weighted by atomic mass is 9.91. The Morgan fingerprint density at radius 3 is 2.67 bits per heavy atom. The molecule has 2 aromatic carbocycles. The molecule has 13 heteroatoms. The fourth-order valence-corrected chi connectivity index (χ4v) is 6.27. The van der Waals surface area contributed by atoms with Gasteiger partial charge in [-0.15, -0.1) is 0 Å². The maximum atomic E-state index is 14.8. The summed E-state index contributed by atoms with van der Waals surface area (Å²) in [4.78, 5) is 49.1. The summed E-state index contributed by atoms with van der Waals surface area (Å²) in [6.45, 7) is 0. The number of halogens is 3. The molecule has 4 aromatic rings. The molecule has 0 spiro atoms. The number of carbonyl (C=O) groups is 3. The van der Waals surface area contributed by atoms with Crippen LogP contribution in [0.15, 0.2) is 67.0 Å². The predicted octanol–water partition coefficient (Wildman–Crippen LogP) is 5.45. The van der Waals surface area contributed by atoms with Crippen molar-refractivity contribution in [2.24, 2.45) is 0 Å². The highest BCUT2D eigenvalue weighted by Gasteiger charge is 2.45. The first-order valence-electron chi connectivity index (χ1n) is 14.5. The Morgan fingerprint density at radius 1 is 1.13 bits per heavy atom. The lowest BCUT2D eigenvalue weighted by Gasteiger charge is -2.37. The molecule has 2 aromatic heterocycles. The molecule has 3 heterocycles. The Bertz CT molecular complexity index is 1810. The fourth-order valence-electron chi connectivity index (χ4n) is 6.03. The number of alkyl halides is 2. The largest absolute Gasteiger partial charge is 0.351 e. The molecule has 1 aliphatic carbocycles. The molecule has 2 atom stereocenters. The second kappa shape index (κ2) is 12.2. The molecular formula is C32H28ClF2N7O3. The number of benzene rings is 2. The minimum absolute atomic E-state index is 0.0444. The predicted molar refractivity (Wildman–Crippen MR) is 163 cm³/mol. The van der Waals surface area contributed by atoms with Gasteiger partial charge in [0.2, 0.25) is 17.7 Å². The van der Waals surface area contributed by atoms with Crippen molar-refractivity contribution in [3.8, 4) is 6.07 Å². The third-order valence-corrected chi connectivity index (χ3v) is 8.67. The van der Waals surface area contributed by atoms with Crippen LogP contribution in [-0.2, 0) is 14.4 Å². The van der Waals surface area contributed by atoms with Gasteiger partial charge in [0.25, 0.3) is 5.91 Å². The second-order valence-electron chi connectivity index (χ2n) is 11.2. The number of amides is 3. The number of nitrogens with one attached hydrogen (secondary N) is 2. The maximum absolute atomic E-state index is 14.8. The van der Waals surface area contributed by atoms with Crippen molar-refractivity contribution < 1.29 is 23.2 Å². The molecule has 45 heavy (non-hydrogen) atoms. The van der Waals surface area contributed by atoms with Crippen LogP contribution in [0.1, 0.15) is 55.7 Å². The van der Waals surface area contributed by atoms with Crippen molar-refractivity contribution in [3.63, 3.8) is 0 Å². The summed E-state index contributed by atoms with van der Waals surface area (Å²) in [5.41, 5.74) is 1.61. The fraction of sp³-hybridized carbons (Fsp3) is 0.312. The summed E-state index contributed by atoms with van der Waals surface area (Å²) in [5.74, 6) is -4.19. The van der Waals surface area contributed by atoms with Crippen molar-refractivity contribution in [1.82, 2.24) is 20.5 Å². The molecule has 2 fully saturated rings. The van der Waals surface area contributed by atoms with E-state index in [2.05, 4.69) is 20.5 Å². The van der Waals surface area contributed by atoms with Gasteiger partial charge in [0.05, 0.1) is 23.3 Å². The number of pyridine rings is 1. The van der Waals surface area contributed by atoms with E-state index in [9.17, 15) is 28.4 Å². The van der Waals surface area contributed by atoms with Crippen molar-refractivity contribution in [2.75, 3.05) is 9.80 Å². The van der Waals surface area contributed by atoms with E-state index in [1.807, 2.05) is 6.07 Å². The van der Waals surface area contributed by atoms with Gasteiger partial charge >= 0.3 is 0 Å². The Kier molecular flexibility index (Phi) is 8.20. The highest BCUT2D eigenvalue weighted by Crippen LogP contribution is 2.38. The van der Waals surface area contributed by atoms with Crippen LogP contribution < -0.4 is 15.1 Å². The first kappa shape index (κ1) is 30.1. The van der Waals surface area contributed by atoms with E-state index in [0.29, 0.717) is 22.2 Å². The van der Waals surface area contributed by atoms with Crippen LogP contribution in [0.3, 0.4) is 0 Å². The molecule has 2 unspecified atom stereocenters. The molecule has 3 amide bonds. The minimum atomic E-state index is -2.79. The zero-order valence-electron chi connectivity index (χ0n) is 23.9. The highest BCUT2D eigenvalue weighted by atomic mass is 35.5. The van der Waals surface area contributed by atoms with Gasteiger partial charge in [0.15, 0.2) is 0 Å². The average Bonchev–Trinajstić information content (AvgIpc) is 3.67. The summed E-state index contributed by atoms with van der Waals surface area (Å²) in [6, 6.07) is 13.7. The molecule has 230 valence electrons. The molecule has 1 saturated carbocycles. The molecule has 2 aliphatic rings. The summed E-state index contributed by atoms with van der Waals surface area (Å²) in [5, 5.41) is 20.2. The Balaban J connectivity index is 1.46. The molecule has 1 aliphatic heterocycles. The van der Waals surface area contributed by atoms with Gasteiger partial charge in [-0.05, 0) is 55.7 Å². The first-order valence-corrected chi connectivity index (χ1v) is 14.9. The van der Waals surface area contributed by atoms with Gasteiger partial charge < -0.3 is 5.32 Å². The molecule has 0 radical (unpaired) electrons. The zero-order valence-corrected chi connectivity index (χ0v) is 24.7. The SMILES string of the molecule is N#Cc1ccnc(N2C(=O)CCC2C(=O)N(c2ccc3[nH]ncc3c2)C(C(=O)NC2CCC(F)(F)CC2)c2ccccc2Cl)c1. The Morgan fingerprint density at radius 2 is 1.91 bits per heavy atom. The van der Waals surface area contributed by atoms with Gasteiger partial charge in [0.1, 0.15) is 17.9 Å². The molecule has 10 nitrogen and oxygen atoms in total. The third-order valence-electron chi connectivity index (χ3n) is 8.33. The molecule has 2 N–H and O–H groups in total. The van der Waals surface area contributed by atoms with Crippen LogP contribution in [0.2, 0.25) is 5.02 Å². The summed E-state index contributed by atoms with van der Waals surface area (Å²) in [6.07, 6.45) is 2.59. The summed E-state index contributed by atoms with van der Waals surface area (Å²) >= 11 is 6.66. The van der Waals surface area contributed by atoms with Crippen LogP contribution in [0, 0.1) is 11.3 Å². The standard InChI is InChI=1S/C32H28ClF2N7O3/c33-24-4-2-1-3-23(24)29(30(44)39-21-9-12-32(34,35)13-10-21)41(22-5-6-25-20(16-22)18-38-40-25)31(45)26-7-8-28(43)42(26)27-15-19(17-36)11-14-37-27/h1-6,11,14-16,18,21,26,29H,7-10,12-13H2,(H,38,40)(H,39,44). The molecule has 0 bridgehead atoms. The van der Waals surface area contributed by atoms with Crippen molar-refractivity contribution >= 4 is 51.7 Å². The van der Waals surface area contributed by atoms with E-state index in [4.69, 9.17) is 11.6 Å². The van der Waals surface area contributed by atoms with Gasteiger partial charge in [-0.25, -0.2) is 13.8 Å². The van der Waals surface area contributed by atoms with Crippen LogP contribution in [-0.4, -0.2) is 50.9 Å². The number of rotatable bonds is 7. The number of carbonyl (C=O) groups excluding carboxylic acids is 3.